The molecule has 1 N–H and O–H groups in total. The Bertz CT molecular complexity index is 902. The van der Waals surface area contributed by atoms with Crippen LogP contribution in [0.3, 0.4) is 0 Å². The van der Waals surface area contributed by atoms with E-state index in [2.05, 4.69) is 5.32 Å². The topological polar surface area (TPSA) is 90.9 Å². The maximum absolute atomic E-state index is 12.3. The molecule has 2 aromatic rings. The van der Waals surface area contributed by atoms with Gasteiger partial charge in [-0.15, -0.1) is 11.3 Å². The van der Waals surface area contributed by atoms with Crippen molar-refractivity contribution in [2.24, 2.45) is 0 Å². The van der Waals surface area contributed by atoms with Gasteiger partial charge in [0.25, 0.3) is 5.91 Å². The first-order chi connectivity index (χ1) is 13.3. The number of aryl methyl sites for hydroxylation is 2. The van der Waals surface area contributed by atoms with Gasteiger partial charge in [0.05, 0.1) is 19.3 Å². The van der Waals surface area contributed by atoms with Crippen molar-refractivity contribution in [3.63, 3.8) is 0 Å². The van der Waals surface area contributed by atoms with Gasteiger partial charge in [0.15, 0.2) is 6.61 Å². The Labute approximate surface area is 167 Å². The van der Waals surface area contributed by atoms with E-state index in [9.17, 15) is 14.4 Å². The highest BCUT2D eigenvalue weighted by molar-refractivity contribution is 7.18. The highest BCUT2D eigenvalue weighted by Crippen LogP contribution is 2.34. The summed E-state index contributed by atoms with van der Waals surface area (Å²) in [5, 5.41) is 2.86. The maximum atomic E-state index is 12.3. The van der Waals surface area contributed by atoms with Gasteiger partial charge in [-0.25, -0.2) is 9.59 Å². The van der Waals surface area contributed by atoms with Crippen molar-refractivity contribution in [2.75, 3.05) is 25.6 Å². The van der Waals surface area contributed by atoms with Crippen LogP contribution in [-0.2, 0) is 14.3 Å². The molecule has 1 aromatic heterocycles. The Morgan fingerprint density at radius 2 is 1.79 bits per heavy atom. The van der Waals surface area contributed by atoms with Gasteiger partial charge in [0.2, 0.25) is 0 Å². The van der Waals surface area contributed by atoms with Crippen molar-refractivity contribution < 1.29 is 28.6 Å². The van der Waals surface area contributed by atoms with Crippen molar-refractivity contribution in [1.82, 2.24) is 0 Å². The number of hydrogen-bond donors (Lipinski definition) is 1. The molecule has 0 saturated heterocycles. The minimum Gasteiger partial charge on any atom is -0.484 e. The molecule has 8 heteroatoms. The maximum Gasteiger partial charge on any atom is 0.348 e. The highest BCUT2D eigenvalue weighted by atomic mass is 32.1. The number of benzene rings is 1. The zero-order valence-electron chi connectivity index (χ0n) is 16.5. The van der Waals surface area contributed by atoms with Crippen LogP contribution < -0.4 is 10.1 Å². The minimum atomic E-state index is -0.614. The lowest BCUT2D eigenvalue weighted by Gasteiger charge is -2.09. The number of amides is 1. The second kappa shape index (κ2) is 9.36. The molecule has 0 aliphatic heterocycles. The molecule has 1 amide bonds. The van der Waals surface area contributed by atoms with Gasteiger partial charge in [-0.3, -0.25) is 4.79 Å². The average molecular weight is 405 g/mol. The third kappa shape index (κ3) is 4.89. The zero-order valence-corrected chi connectivity index (χ0v) is 17.3. The van der Waals surface area contributed by atoms with Crippen LogP contribution in [0.25, 0.3) is 0 Å². The summed E-state index contributed by atoms with van der Waals surface area (Å²) >= 11 is 0.965. The summed E-state index contributed by atoms with van der Waals surface area (Å²) in [5.41, 5.74) is 2.73. The second-order valence-corrected chi connectivity index (χ2v) is 7.08. The molecule has 28 heavy (non-hydrogen) atoms. The Balaban J connectivity index is 2.18. The molecule has 0 aliphatic carbocycles. The Kier molecular flexibility index (Phi) is 7.17. The standard InChI is InChI=1S/C20H23NO6S/c1-6-26-19(23)16-13(4)17(20(24)25-5)28-18(16)21-15(22)10-27-14-8-7-11(2)12(3)9-14/h7-9H,6,10H2,1-5H3,(H,21,22). The summed E-state index contributed by atoms with van der Waals surface area (Å²) in [6.45, 7) is 7.16. The second-order valence-electron chi connectivity index (χ2n) is 6.06. The van der Waals surface area contributed by atoms with Gasteiger partial charge in [0, 0.05) is 0 Å². The summed E-state index contributed by atoms with van der Waals surface area (Å²) in [6.07, 6.45) is 0. The zero-order chi connectivity index (χ0) is 20.8. The molecule has 0 aliphatic rings. The van der Waals surface area contributed by atoms with Gasteiger partial charge in [-0.05, 0) is 56.5 Å². The molecule has 0 radical (unpaired) electrons. The fourth-order valence-corrected chi connectivity index (χ4v) is 3.58. The third-order valence-electron chi connectivity index (χ3n) is 4.10. The number of esters is 2. The van der Waals surface area contributed by atoms with E-state index >= 15 is 0 Å². The van der Waals surface area contributed by atoms with Crippen molar-refractivity contribution in [1.29, 1.82) is 0 Å². The van der Waals surface area contributed by atoms with E-state index in [0.29, 0.717) is 11.3 Å². The lowest BCUT2D eigenvalue weighted by Crippen LogP contribution is -2.21. The van der Waals surface area contributed by atoms with Crippen LogP contribution in [0.4, 0.5) is 5.00 Å². The van der Waals surface area contributed by atoms with E-state index in [-0.39, 0.29) is 28.7 Å². The largest absolute Gasteiger partial charge is 0.484 e. The molecule has 0 unspecified atom stereocenters. The number of ether oxygens (including phenoxy) is 3. The van der Waals surface area contributed by atoms with Crippen LogP contribution in [0.2, 0.25) is 0 Å². The van der Waals surface area contributed by atoms with Crippen molar-refractivity contribution in [3.05, 3.63) is 45.3 Å². The molecule has 0 atom stereocenters. The van der Waals surface area contributed by atoms with Gasteiger partial charge in [0.1, 0.15) is 15.6 Å². The number of anilines is 1. The monoisotopic (exact) mass is 405 g/mol. The van der Waals surface area contributed by atoms with Crippen molar-refractivity contribution in [3.8, 4) is 5.75 Å². The van der Waals surface area contributed by atoms with Crippen LogP contribution in [0.15, 0.2) is 18.2 Å². The molecule has 150 valence electrons. The van der Waals surface area contributed by atoms with E-state index < -0.39 is 17.8 Å². The van der Waals surface area contributed by atoms with Crippen molar-refractivity contribution in [2.45, 2.75) is 27.7 Å². The normalized spacial score (nSPS) is 10.3. The summed E-state index contributed by atoms with van der Waals surface area (Å²) in [4.78, 5) is 36.8. The lowest BCUT2D eigenvalue weighted by atomic mass is 10.1. The van der Waals surface area contributed by atoms with Crippen molar-refractivity contribution >= 4 is 34.2 Å². The number of carbonyl (C=O) groups excluding carboxylic acids is 3. The van der Waals surface area contributed by atoms with Gasteiger partial charge >= 0.3 is 11.9 Å². The fraction of sp³-hybridized carbons (Fsp3) is 0.350. The van der Waals surface area contributed by atoms with Crippen LogP contribution in [-0.4, -0.2) is 38.2 Å². The van der Waals surface area contributed by atoms with Crippen LogP contribution in [0.1, 0.15) is 43.6 Å². The minimum absolute atomic E-state index is 0.145. The Hall–Kier alpha value is -2.87. The quantitative estimate of drug-likeness (QED) is 0.707. The van der Waals surface area contributed by atoms with E-state index in [1.807, 2.05) is 26.0 Å². The average Bonchev–Trinajstić information content (AvgIpc) is 2.98. The first kappa shape index (κ1) is 21.4. The van der Waals surface area contributed by atoms with E-state index in [1.54, 1.807) is 19.9 Å². The lowest BCUT2D eigenvalue weighted by molar-refractivity contribution is -0.118. The molecule has 1 heterocycles. The number of rotatable bonds is 7. The summed E-state index contributed by atoms with van der Waals surface area (Å²) in [6, 6.07) is 5.54. The molecule has 0 saturated carbocycles. The summed E-state index contributed by atoms with van der Waals surface area (Å²) in [7, 11) is 1.25. The predicted molar refractivity (Wildman–Crippen MR) is 106 cm³/mol. The van der Waals surface area contributed by atoms with Gasteiger partial charge in [-0.2, -0.15) is 0 Å². The Morgan fingerprint density at radius 3 is 2.39 bits per heavy atom. The SMILES string of the molecule is CCOC(=O)c1c(NC(=O)COc2ccc(C)c(C)c2)sc(C(=O)OC)c1C. The fourth-order valence-electron chi connectivity index (χ4n) is 2.45. The Morgan fingerprint density at radius 1 is 1.07 bits per heavy atom. The number of nitrogens with one attached hydrogen (secondary N) is 1. The van der Waals surface area contributed by atoms with E-state index in [4.69, 9.17) is 14.2 Å². The summed E-state index contributed by atoms with van der Waals surface area (Å²) in [5.74, 6) is -1.08. The molecule has 0 spiro atoms. The third-order valence-corrected chi connectivity index (χ3v) is 5.29. The molecule has 2 rings (SSSR count). The molecule has 7 nitrogen and oxygen atoms in total. The molecule has 0 fully saturated rings. The first-order valence-electron chi connectivity index (χ1n) is 8.67. The van der Waals surface area contributed by atoms with Gasteiger partial charge < -0.3 is 19.5 Å². The predicted octanol–water partition coefficient (Wildman–Crippen LogP) is 3.65. The first-order valence-corrected chi connectivity index (χ1v) is 9.48. The molecular formula is C20H23NO6S. The summed E-state index contributed by atoms with van der Waals surface area (Å²) < 4.78 is 15.3. The van der Waals surface area contributed by atoms with Crippen LogP contribution in [0, 0.1) is 20.8 Å². The number of methoxy groups -OCH3 is 1. The van der Waals surface area contributed by atoms with Gasteiger partial charge in [-0.1, -0.05) is 6.07 Å². The van der Waals surface area contributed by atoms with E-state index in [1.165, 1.54) is 7.11 Å². The molecule has 1 aromatic carbocycles. The van der Waals surface area contributed by atoms with E-state index in [0.717, 1.165) is 22.5 Å². The number of hydrogen-bond acceptors (Lipinski definition) is 7. The smallest absolute Gasteiger partial charge is 0.348 e. The molecular weight excluding hydrogens is 382 g/mol. The number of carbonyl (C=O) groups is 3. The number of thiophene rings is 1. The molecule has 0 bridgehead atoms. The van der Waals surface area contributed by atoms with Crippen LogP contribution >= 0.6 is 11.3 Å². The van der Waals surface area contributed by atoms with Crippen LogP contribution in [0.5, 0.6) is 5.75 Å². The highest BCUT2D eigenvalue weighted by Gasteiger charge is 2.27.